The molecule has 0 aromatic carbocycles. The third-order valence-electron chi connectivity index (χ3n) is 8.09. The number of ketones is 1. The van der Waals surface area contributed by atoms with Crippen LogP contribution in [0.3, 0.4) is 0 Å². The molecular formula is C19H27N3O2. The number of nitrogens with zero attached hydrogens (tertiary/aromatic N) is 2. The summed E-state index contributed by atoms with van der Waals surface area (Å²) in [7, 11) is 0. The summed E-state index contributed by atoms with van der Waals surface area (Å²) < 4.78 is 0. The predicted molar refractivity (Wildman–Crippen MR) is 88.0 cm³/mol. The SMILES string of the molecule is N#CC1CCCN1CC(=O)CNC12CC3CC4(O)CC(C1)C4(C3)C2. The van der Waals surface area contributed by atoms with Gasteiger partial charge in [-0.25, -0.2) is 0 Å². The van der Waals surface area contributed by atoms with Crippen LogP contribution in [0, 0.1) is 28.6 Å². The molecule has 5 aliphatic rings. The van der Waals surface area contributed by atoms with Gasteiger partial charge in [-0.3, -0.25) is 9.69 Å². The number of rotatable bonds is 5. The quantitative estimate of drug-likeness (QED) is 0.793. The summed E-state index contributed by atoms with van der Waals surface area (Å²) in [5.74, 6) is 1.51. The van der Waals surface area contributed by atoms with E-state index in [1.54, 1.807) is 0 Å². The third kappa shape index (κ3) is 1.88. The van der Waals surface area contributed by atoms with Gasteiger partial charge in [0.05, 0.1) is 30.8 Å². The van der Waals surface area contributed by atoms with E-state index < -0.39 is 0 Å². The molecule has 24 heavy (non-hydrogen) atoms. The number of nitrogens with one attached hydrogen (secondary N) is 1. The average Bonchev–Trinajstić information content (AvgIpc) is 3.10. The summed E-state index contributed by atoms with van der Waals surface area (Å²) in [4.78, 5) is 14.5. The number of hydrogen-bond acceptors (Lipinski definition) is 5. The molecular weight excluding hydrogens is 302 g/mol. The van der Waals surface area contributed by atoms with Crippen molar-refractivity contribution < 1.29 is 9.90 Å². The molecule has 0 aromatic heterocycles. The molecule has 0 radical (unpaired) electrons. The van der Waals surface area contributed by atoms with Gasteiger partial charge in [-0.1, -0.05) is 0 Å². The van der Waals surface area contributed by atoms with E-state index >= 15 is 0 Å². The number of carbonyl (C=O) groups is 1. The first-order valence-corrected chi connectivity index (χ1v) is 9.60. The number of aliphatic hydroxyl groups is 1. The molecule has 3 bridgehead atoms. The first kappa shape index (κ1) is 15.3. The minimum absolute atomic E-state index is 0.0751. The van der Waals surface area contributed by atoms with Crippen LogP contribution in [0.5, 0.6) is 0 Å². The minimum Gasteiger partial charge on any atom is -0.389 e. The molecule has 1 heterocycles. The fourth-order valence-corrected chi connectivity index (χ4v) is 7.35. The summed E-state index contributed by atoms with van der Waals surface area (Å²) in [6, 6.07) is 2.24. The molecule has 0 aromatic rings. The molecule has 5 nitrogen and oxygen atoms in total. The monoisotopic (exact) mass is 329 g/mol. The topological polar surface area (TPSA) is 76.4 Å². The Morgan fingerprint density at radius 2 is 2.17 bits per heavy atom. The molecule has 2 N–H and O–H groups in total. The van der Waals surface area contributed by atoms with E-state index in [0.29, 0.717) is 24.9 Å². The lowest BCUT2D eigenvalue weighted by Gasteiger charge is -2.55. The standard InChI is InChI=1S/C19H27N3O2/c20-9-15-2-1-3-22(15)11-16(23)10-21-17-4-13-5-18(12-17)14(7-17)8-19(18,24)6-13/h13-15,21,24H,1-8,10-12H2. The second-order valence-corrected chi connectivity index (χ2v) is 9.38. The molecule has 6 atom stereocenters. The molecule has 4 saturated carbocycles. The normalized spacial score (nSPS) is 51.4. The van der Waals surface area contributed by atoms with Crippen LogP contribution in [0.15, 0.2) is 0 Å². The number of Topliss-reactive ketones (excluding diaryl/α,β-unsaturated/α-hetero) is 1. The number of hydrogen-bond donors (Lipinski definition) is 2. The lowest BCUT2D eigenvalue weighted by Crippen LogP contribution is -2.58. The summed E-state index contributed by atoms with van der Waals surface area (Å²) in [6.45, 7) is 1.70. The van der Waals surface area contributed by atoms with E-state index in [0.717, 1.165) is 51.5 Å². The van der Waals surface area contributed by atoms with Crippen molar-refractivity contribution in [1.29, 1.82) is 5.26 Å². The molecule has 5 heteroatoms. The lowest BCUT2D eigenvalue weighted by molar-refractivity contribution is -0.176. The Balaban J connectivity index is 1.22. The number of carbonyl (C=O) groups excluding carboxylic acids is 1. The zero-order valence-corrected chi connectivity index (χ0v) is 14.3. The van der Waals surface area contributed by atoms with Crippen LogP contribution in [-0.2, 0) is 4.79 Å². The summed E-state index contributed by atoms with van der Waals surface area (Å²) in [5, 5.41) is 23.7. The minimum atomic E-state index is -0.387. The van der Waals surface area contributed by atoms with E-state index in [9.17, 15) is 9.90 Å². The number of nitriles is 1. The maximum atomic E-state index is 12.4. The largest absolute Gasteiger partial charge is 0.389 e. The molecule has 0 amide bonds. The van der Waals surface area contributed by atoms with Crippen LogP contribution in [-0.4, -0.2) is 52.6 Å². The van der Waals surface area contributed by atoms with E-state index in [1.807, 2.05) is 4.90 Å². The lowest BCUT2D eigenvalue weighted by atomic mass is 9.53. The maximum Gasteiger partial charge on any atom is 0.160 e. The highest BCUT2D eigenvalue weighted by Gasteiger charge is 2.77. The smallest absolute Gasteiger partial charge is 0.160 e. The molecule has 5 fully saturated rings. The summed E-state index contributed by atoms with van der Waals surface area (Å²) in [6.07, 6.45) is 8.43. The Bertz CT molecular complexity index is 627. The van der Waals surface area contributed by atoms with Crippen LogP contribution >= 0.6 is 0 Å². The van der Waals surface area contributed by atoms with Crippen LogP contribution in [0.1, 0.15) is 51.4 Å². The van der Waals surface area contributed by atoms with E-state index in [2.05, 4.69) is 11.4 Å². The average molecular weight is 329 g/mol. The third-order valence-corrected chi connectivity index (χ3v) is 8.09. The van der Waals surface area contributed by atoms with Gasteiger partial charge < -0.3 is 10.4 Å². The second-order valence-electron chi connectivity index (χ2n) is 9.38. The Morgan fingerprint density at radius 1 is 1.29 bits per heavy atom. The van der Waals surface area contributed by atoms with Gasteiger partial charge in [-0.05, 0) is 69.7 Å². The van der Waals surface area contributed by atoms with Crippen LogP contribution in [0.2, 0.25) is 0 Å². The maximum absolute atomic E-state index is 12.4. The van der Waals surface area contributed by atoms with Crippen molar-refractivity contribution in [3.8, 4) is 6.07 Å². The van der Waals surface area contributed by atoms with Gasteiger partial charge in [-0.15, -0.1) is 0 Å². The van der Waals surface area contributed by atoms with Gasteiger partial charge in [0, 0.05) is 11.0 Å². The Hall–Kier alpha value is -0.960. The Kier molecular flexibility index (Phi) is 3.07. The highest BCUT2D eigenvalue weighted by molar-refractivity contribution is 5.82. The van der Waals surface area contributed by atoms with Crippen molar-refractivity contribution in [1.82, 2.24) is 10.2 Å². The number of fused-ring (bicyclic) bond motifs is 2. The Labute approximate surface area is 143 Å². The van der Waals surface area contributed by atoms with Crippen LogP contribution < -0.4 is 5.32 Å². The van der Waals surface area contributed by atoms with Crippen molar-refractivity contribution >= 4 is 5.78 Å². The predicted octanol–water partition coefficient (Wildman–Crippen LogP) is 1.22. The van der Waals surface area contributed by atoms with E-state index in [1.165, 1.54) is 6.42 Å². The molecule has 1 spiro atoms. The fourth-order valence-electron chi connectivity index (χ4n) is 7.35. The molecule has 1 aliphatic heterocycles. The van der Waals surface area contributed by atoms with Crippen molar-refractivity contribution in [2.45, 2.75) is 68.5 Å². The zero-order chi connectivity index (χ0) is 16.6. The molecule has 130 valence electrons. The van der Waals surface area contributed by atoms with Gasteiger partial charge in [-0.2, -0.15) is 5.26 Å². The van der Waals surface area contributed by atoms with Crippen LogP contribution in [0.4, 0.5) is 0 Å². The molecule has 4 aliphatic carbocycles. The number of likely N-dealkylation sites (tertiary alicyclic amines) is 1. The molecule has 5 rings (SSSR count). The summed E-state index contributed by atoms with van der Waals surface area (Å²) >= 11 is 0. The first-order valence-electron chi connectivity index (χ1n) is 9.60. The van der Waals surface area contributed by atoms with Crippen LogP contribution in [0.25, 0.3) is 0 Å². The van der Waals surface area contributed by atoms with Crippen molar-refractivity contribution in [3.63, 3.8) is 0 Å². The molecule has 1 saturated heterocycles. The molecule has 6 unspecified atom stereocenters. The zero-order valence-electron chi connectivity index (χ0n) is 14.3. The van der Waals surface area contributed by atoms with Crippen molar-refractivity contribution in [2.24, 2.45) is 17.3 Å². The van der Waals surface area contributed by atoms with Gasteiger partial charge in [0.1, 0.15) is 0 Å². The van der Waals surface area contributed by atoms with Gasteiger partial charge in [0.25, 0.3) is 0 Å². The van der Waals surface area contributed by atoms with Crippen molar-refractivity contribution in [2.75, 3.05) is 19.6 Å². The fraction of sp³-hybridized carbons (Fsp3) is 0.895. The van der Waals surface area contributed by atoms with E-state index in [-0.39, 0.29) is 28.4 Å². The highest BCUT2D eigenvalue weighted by atomic mass is 16.3. The summed E-state index contributed by atoms with van der Waals surface area (Å²) in [5.41, 5.74) is -0.126. The first-order chi connectivity index (χ1) is 11.5. The Morgan fingerprint density at radius 3 is 3.00 bits per heavy atom. The highest BCUT2D eigenvalue weighted by Crippen LogP contribution is 2.77. The van der Waals surface area contributed by atoms with Gasteiger partial charge in [0.15, 0.2) is 5.78 Å². The van der Waals surface area contributed by atoms with Crippen molar-refractivity contribution in [3.05, 3.63) is 0 Å². The second kappa shape index (κ2) is 4.81. The van der Waals surface area contributed by atoms with Gasteiger partial charge >= 0.3 is 0 Å². The van der Waals surface area contributed by atoms with E-state index in [4.69, 9.17) is 5.26 Å². The van der Waals surface area contributed by atoms with Gasteiger partial charge in [0.2, 0.25) is 0 Å².